The van der Waals surface area contributed by atoms with E-state index in [0.717, 1.165) is 35.5 Å². The van der Waals surface area contributed by atoms with Crippen LogP contribution in [0.15, 0.2) is 42.5 Å². The van der Waals surface area contributed by atoms with Crippen molar-refractivity contribution in [3.05, 3.63) is 59.2 Å². The van der Waals surface area contributed by atoms with Gasteiger partial charge >= 0.3 is 11.8 Å². The Hall–Kier alpha value is -2.90. The number of anilines is 2. The summed E-state index contributed by atoms with van der Waals surface area (Å²) in [6, 6.07) is 14.1. The van der Waals surface area contributed by atoms with Crippen LogP contribution in [-0.2, 0) is 14.3 Å². The summed E-state index contributed by atoms with van der Waals surface area (Å²) in [7, 11) is 4.02. The summed E-state index contributed by atoms with van der Waals surface area (Å²) in [5, 5.41) is 5.56. The van der Waals surface area contributed by atoms with Crippen molar-refractivity contribution in [3.63, 3.8) is 0 Å². The van der Waals surface area contributed by atoms with Gasteiger partial charge in [0.1, 0.15) is 19.1 Å². The molecular weight excluding hydrogens is 392 g/mol. The Balaban J connectivity index is 1.67. The third kappa shape index (κ3) is 6.06. The highest BCUT2D eigenvalue weighted by atomic mass is 16.5. The Labute approximate surface area is 184 Å². The average molecular weight is 426 g/mol. The first-order chi connectivity index (χ1) is 14.8. The molecule has 1 aliphatic heterocycles. The molecule has 1 atom stereocenters. The number of ether oxygens (including phenoxy) is 1. The highest BCUT2D eigenvalue weighted by Gasteiger charge is 2.28. The molecule has 0 unspecified atom stereocenters. The Morgan fingerprint density at radius 2 is 1.71 bits per heavy atom. The molecule has 1 heterocycles. The maximum atomic E-state index is 12.5. The number of carbonyl (C=O) groups excluding carboxylic acids is 2. The second-order valence-corrected chi connectivity index (χ2v) is 8.29. The molecule has 7 heteroatoms. The van der Waals surface area contributed by atoms with Gasteiger partial charge in [0.05, 0.1) is 19.8 Å². The molecule has 166 valence electrons. The van der Waals surface area contributed by atoms with Crippen molar-refractivity contribution < 1.29 is 19.2 Å². The minimum absolute atomic E-state index is 0.0537. The molecule has 2 aromatic carbocycles. The number of aryl methyl sites for hydroxylation is 2. The smallest absolute Gasteiger partial charge is 0.313 e. The van der Waals surface area contributed by atoms with Crippen LogP contribution in [0.25, 0.3) is 0 Å². The van der Waals surface area contributed by atoms with Crippen molar-refractivity contribution in [2.24, 2.45) is 0 Å². The Morgan fingerprint density at radius 3 is 2.32 bits per heavy atom. The highest BCUT2D eigenvalue weighted by molar-refractivity contribution is 6.39. The van der Waals surface area contributed by atoms with Crippen LogP contribution in [0, 0.1) is 13.8 Å². The fourth-order valence-electron chi connectivity index (χ4n) is 3.89. The van der Waals surface area contributed by atoms with Crippen LogP contribution in [0.1, 0.15) is 22.7 Å². The maximum Gasteiger partial charge on any atom is 0.313 e. The molecule has 0 radical (unpaired) electrons. The second kappa shape index (κ2) is 10.4. The van der Waals surface area contributed by atoms with Crippen LogP contribution in [0.4, 0.5) is 11.4 Å². The van der Waals surface area contributed by atoms with E-state index in [-0.39, 0.29) is 6.04 Å². The van der Waals surface area contributed by atoms with Gasteiger partial charge in [-0.2, -0.15) is 0 Å². The quantitative estimate of drug-likeness (QED) is 0.606. The van der Waals surface area contributed by atoms with E-state index in [4.69, 9.17) is 4.74 Å². The highest BCUT2D eigenvalue weighted by Crippen LogP contribution is 2.17. The van der Waals surface area contributed by atoms with Crippen LogP contribution in [0.5, 0.6) is 0 Å². The Kier molecular flexibility index (Phi) is 7.65. The van der Waals surface area contributed by atoms with E-state index < -0.39 is 11.8 Å². The predicted molar refractivity (Wildman–Crippen MR) is 123 cm³/mol. The van der Waals surface area contributed by atoms with Gasteiger partial charge in [-0.3, -0.25) is 9.59 Å². The zero-order valence-electron chi connectivity index (χ0n) is 18.8. The number of nitrogens with one attached hydrogen (secondary N) is 3. The van der Waals surface area contributed by atoms with Crippen molar-refractivity contribution >= 4 is 23.2 Å². The number of quaternary nitrogens is 1. The number of morpholine rings is 1. The van der Waals surface area contributed by atoms with Gasteiger partial charge in [-0.15, -0.1) is 0 Å². The fraction of sp³-hybridized carbons (Fsp3) is 0.417. The molecule has 1 fully saturated rings. The number of amides is 2. The summed E-state index contributed by atoms with van der Waals surface area (Å²) in [5.74, 6) is -1.27. The van der Waals surface area contributed by atoms with E-state index in [1.807, 2.05) is 46.1 Å². The van der Waals surface area contributed by atoms with Gasteiger partial charge in [0, 0.05) is 31.0 Å². The normalized spacial score (nSPS) is 15.2. The van der Waals surface area contributed by atoms with Crippen molar-refractivity contribution in [1.82, 2.24) is 5.32 Å². The largest absolute Gasteiger partial charge is 0.378 e. The van der Waals surface area contributed by atoms with Crippen molar-refractivity contribution in [1.29, 1.82) is 0 Å². The number of benzene rings is 2. The summed E-state index contributed by atoms with van der Waals surface area (Å²) in [4.78, 5) is 28.4. The molecule has 0 saturated carbocycles. The topological polar surface area (TPSA) is 75.1 Å². The first-order valence-corrected chi connectivity index (χ1v) is 10.7. The van der Waals surface area contributed by atoms with Crippen LogP contribution in [0.3, 0.4) is 0 Å². The van der Waals surface area contributed by atoms with E-state index in [1.54, 1.807) is 0 Å². The molecule has 31 heavy (non-hydrogen) atoms. The summed E-state index contributed by atoms with van der Waals surface area (Å²) in [6.07, 6.45) is 0. The van der Waals surface area contributed by atoms with Gasteiger partial charge in [-0.05, 0) is 37.6 Å². The Morgan fingerprint density at radius 1 is 1.03 bits per heavy atom. The molecule has 0 aromatic heterocycles. The molecule has 1 aliphatic rings. The van der Waals surface area contributed by atoms with E-state index in [1.165, 1.54) is 4.90 Å². The van der Waals surface area contributed by atoms with E-state index >= 15 is 0 Å². The lowest BCUT2D eigenvalue weighted by Gasteiger charge is -2.32. The molecule has 0 aliphatic carbocycles. The lowest BCUT2D eigenvalue weighted by atomic mass is 10.0. The van der Waals surface area contributed by atoms with Gasteiger partial charge in [0.15, 0.2) is 0 Å². The van der Waals surface area contributed by atoms with Crippen LogP contribution >= 0.6 is 0 Å². The summed E-state index contributed by atoms with van der Waals surface area (Å²) in [6.45, 7) is 7.41. The monoisotopic (exact) mass is 425 g/mol. The van der Waals surface area contributed by atoms with Crippen LogP contribution < -0.4 is 20.4 Å². The molecule has 1 saturated heterocycles. The number of hydrogen-bond donors (Lipinski definition) is 3. The van der Waals surface area contributed by atoms with Crippen LogP contribution in [-0.4, -0.2) is 58.8 Å². The van der Waals surface area contributed by atoms with Gasteiger partial charge in [0.25, 0.3) is 0 Å². The first kappa shape index (κ1) is 22.8. The third-order valence-corrected chi connectivity index (χ3v) is 5.74. The SMILES string of the molecule is Cc1ccc(NC(=O)C(=O)NC[C@@H](c2ccc(N(C)C)cc2)[NH+]2CCOCC2)c(C)c1. The lowest BCUT2D eigenvalue weighted by molar-refractivity contribution is -0.937. The van der Waals surface area contributed by atoms with E-state index in [0.29, 0.717) is 25.4 Å². The first-order valence-electron chi connectivity index (χ1n) is 10.7. The minimum atomic E-state index is -0.648. The molecule has 3 N–H and O–H groups in total. The number of carbonyl (C=O) groups is 2. The lowest BCUT2D eigenvalue weighted by Crippen LogP contribution is -3.15. The number of hydrogen-bond acceptors (Lipinski definition) is 4. The third-order valence-electron chi connectivity index (χ3n) is 5.74. The molecule has 3 rings (SSSR count). The summed E-state index contributed by atoms with van der Waals surface area (Å²) >= 11 is 0. The molecule has 2 aromatic rings. The minimum Gasteiger partial charge on any atom is -0.378 e. The molecular formula is C24H33N4O3+. The second-order valence-electron chi connectivity index (χ2n) is 8.29. The maximum absolute atomic E-state index is 12.5. The number of rotatable bonds is 6. The molecule has 7 nitrogen and oxygen atoms in total. The van der Waals surface area contributed by atoms with E-state index in [9.17, 15) is 9.59 Å². The van der Waals surface area contributed by atoms with Gasteiger partial charge in [-0.25, -0.2) is 0 Å². The summed E-state index contributed by atoms with van der Waals surface area (Å²) < 4.78 is 5.51. The van der Waals surface area contributed by atoms with Crippen molar-refractivity contribution in [2.45, 2.75) is 19.9 Å². The van der Waals surface area contributed by atoms with Crippen molar-refractivity contribution in [3.8, 4) is 0 Å². The van der Waals surface area contributed by atoms with Crippen molar-refractivity contribution in [2.75, 3.05) is 57.2 Å². The number of nitrogens with zero attached hydrogens (tertiary/aromatic N) is 1. The fourth-order valence-corrected chi connectivity index (χ4v) is 3.89. The van der Waals surface area contributed by atoms with Crippen LogP contribution in [0.2, 0.25) is 0 Å². The Bertz CT molecular complexity index is 906. The zero-order chi connectivity index (χ0) is 22.4. The summed E-state index contributed by atoms with van der Waals surface area (Å²) in [5.41, 5.74) is 4.95. The molecule has 2 amide bonds. The molecule has 0 bridgehead atoms. The van der Waals surface area contributed by atoms with Gasteiger partial charge in [-0.1, -0.05) is 29.8 Å². The average Bonchev–Trinajstić information content (AvgIpc) is 2.76. The van der Waals surface area contributed by atoms with E-state index in [2.05, 4.69) is 39.8 Å². The standard InChI is InChI=1S/C24H32N4O3/c1-17-5-10-21(18(2)15-17)26-24(30)23(29)25-16-22(28-11-13-31-14-12-28)19-6-8-20(9-7-19)27(3)4/h5-10,15,22H,11-14,16H2,1-4H3,(H,25,29)(H,26,30)/p+1/t22-/m0/s1. The van der Waals surface area contributed by atoms with Gasteiger partial charge in [0.2, 0.25) is 0 Å². The zero-order valence-corrected chi connectivity index (χ0v) is 18.8. The molecule has 0 spiro atoms. The predicted octanol–water partition coefficient (Wildman–Crippen LogP) is 1.08. The van der Waals surface area contributed by atoms with Gasteiger partial charge < -0.3 is 25.2 Å².